The first-order chi connectivity index (χ1) is 12.2. The van der Waals surface area contributed by atoms with Crippen LogP contribution in [0.15, 0.2) is 48.5 Å². The van der Waals surface area contributed by atoms with Gasteiger partial charge in [-0.3, -0.25) is 4.79 Å². The lowest BCUT2D eigenvalue weighted by atomic mass is 9.98. The van der Waals surface area contributed by atoms with Crippen LogP contribution < -0.4 is 4.74 Å². The average Bonchev–Trinajstić information content (AvgIpc) is 2.66. The van der Waals surface area contributed by atoms with Crippen molar-refractivity contribution in [3.8, 4) is 5.75 Å². The highest BCUT2D eigenvalue weighted by Gasteiger charge is 2.23. The minimum Gasteiger partial charge on any atom is -0.494 e. The maximum atomic E-state index is 12.5. The number of nitrogens with zero attached hydrogens (tertiary/aromatic N) is 1. The van der Waals surface area contributed by atoms with E-state index >= 15 is 0 Å². The van der Waals surface area contributed by atoms with Crippen LogP contribution >= 0.6 is 0 Å². The summed E-state index contributed by atoms with van der Waals surface area (Å²) < 4.78 is 5.68. The Labute approximate surface area is 149 Å². The number of carbonyl (C=O) groups is 1. The van der Waals surface area contributed by atoms with E-state index in [-0.39, 0.29) is 12.3 Å². The summed E-state index contributed by atoms with van der Waals surface area (Å²) in [4.78, 5) is 14.4. The standard InChI is InChI=1S/C21H25NO3/c1-2-12-25-19-9-8-18-15-22(11-10-17(18)13-19)21(24)14-20(23)16-6-4-3-5-7-16/h3-9,13,20,23H,2,10-12,14-15H2,1H3. The molecule has 1 unspecified atom stereocenters. The number of fused-ring (bicyclic) bond motifs is 1. The molecule has 0 aromatic heterocycles. The largest absolute Gasteiger partial charge is 0.494 e. The maximum Gasteiger partial charge on any atom is 0.225 e. The fourth-order valence-electron chi connectivity index (χ4n) is 3.14. The van der Waals surface area contributed by atoms with Crippen LogP contribution in [0.4, 0.5) is 0 Å². The summed E-state index contributed by atoms with van der Waals surface area (Å²) in [6.07, 6.45) is 1.19. The minimum atomic E-state index is -0.750. The van der Waals surface area contributed by atoms with Crippen LogP contribution in [0.3, 0.4) is 0 Å². The zero-order valence-electron chi connectivity index (χ0n) is 14.6. The van der Waals surface area contributed by atoms with E-state index in [0.717, 1.165) is 36.3 Å². The van der Waals surface area contributed by atoms with Crippen molar-refractivity contribution >= 4 is 5.91 Å². The number of hydrogen-bond donors (Lipinski definition) is 1. The summed E-state index contributed by atoms with van der Waals surface area (Å²) in [5, 5.41) is 10.3. The second kappa shape index (κ2) is 8.17. The maximum absolute atomic E-state index is 12.5. The van der Waals surface area contributed by atoms with Crippen LogP contribution in [0, 0.1) is 0 Å². The molecule has 1 aliphatic heterocycles. The lowest BCUT2D eigenvalue weighted by Gasteiger charge is -2.30. The molecule has 2 aromatic rings. The van der Waals surface area contributed by atoms with Crippen molar-refractivity contribution < 1.29 is 14.6 Å². The van der Waals surface area contributed by atoms with Gasteiger partial charge in [0.15, 0.2) is 0 Å². The molecule has 1 heterocycles. The molecule has 1 atom stereocenters. The Kier molecular flexibility index (Phi) is 5.71. The molecular formula is C21H25NO3. The Morgan fingerprint density at radius 1 is 1.20 bits per heavy atom. The van der Waals surface area contributed by atoms with Crippen molar-refractivity contribution in [1.29, 1.82) is 0 Å². The summed E-state index contributed by atoms with van der Waals surface area (Å²) in [5.74, 6) is 0.896. The minimum absolute atomic E-state index is 0.00619. The van der Waals surface area contributed by atoms with Gasteiger partial charge in [-0.25, -0.2) is 0 Å². The van der Waals surface area contributed by atoms with Crippen molar-refractivity contribution in [2.45, 2.75) is 38.8 Å². The van der Waals surface area contributed by atoms with Gasteiger partial charge in [-0.2, -0.15) is 0 Å². The third kappa shape index (κ3) is 4.40. The van der Waals surface area contributed by atoms with Gasteiger partial charge in [-0.15, -0.1) is 0 Å². The molecule has 0 aliphatic carbocycles. The summed E-state index contributed by atoms with van der Waals surface area (Å²) >= 11 is 0. The normalized spacial score (nSPS) is 14.7. The highest BCUT2D eigenvalue weighted by molar-refractivity contribution is 5.77. The lowest BCUT2D eigenvalue weighted by molar-refractivity contribution is -0.134. The number of rotatable bonds is 6. The van der Waals surface area contributed by atoms with Gasteiger partial charge in [0.25, 0.3) is 0 Å². The molecule has 3 rings (SSSR count). The number of carbonyl (C=O) groups excluding carboxylic acids is 1. The molecule has 0 radical (unpaired) electrons. The van der Waals surface area contributed by atoms with Crippen molar-refractivity contribution in [2.75, 3.05) is 13.2 Å². The Bertz CT molecular complexity index is 714. The lowest BCUT2D eigenvalue weighted by Crippen LogP contribution is -2.36. The molecule has 1 amide bonds. The molecule has 25 heavy (non-hydrogen) atoms. The van der Waals surface area contributed by atoms with Crippen LogP contribution in [0.25, 0.3) is 0 Å². The SMILES string of the molecule is CCCOc1ccc2c(c1)CCN(C(=O)CC(O)c1ccccc1)C2. The van der Waals surface area contributed by atoms with Crippen LogP contribution in [0.2, 0.25) is 0 Å². The van der Waals surface area contributed by atoms with E-state index in [4.69, 9.17) is 4.74 Å². The van der Waals surface area contributed by atoms with Crippen molar-refractivity contribution in [2.24, 2.45) is 0 Å². The third-order valence-corrected chi connectivity index (χ3v) is 4.57. The molecule has 2 aromatic carbocycles. The number of amides is 1. The summed E-state index contributed by atoms with van der Waals surface area (Å²) in [6, 6.07) is 15.5. The third-order valence-electron chi connectivity index (χ3n) is 4.57. The van der Waals surface area contributed by atoms with Gasteiger partial charge in [0, 0.05) is 13.1 Å². The van der Waals surface area contributed by atoms with Crippen molar-refractivity contribution in [1.82, 2.24) is 4.90 Å². The van der Waals surface area contributed by atoms with Crippen LogP contribution in [0.5, 0.6) is 5.75 Å². The molecule has 132 valence electrons. The topological polar surface area (TPSA) is 49.8 Å². The second-order valence-corrected chi connectivity index (χ2v) is 6.47. The number of aliphatic hydroxyl groups is 1. The predicted molar refractivity (Wildman–Crippen MR) is 97.4 cm³/mol. The molecule has 0 fully saturated rings. The number of benzene rings is 2. The van der Waals surface area contributed by atoms with Crippen LogP contribution in [0.1, 0.15) is 42.6 Å². The van der Waals surface area contributed by atoms with Crippen LogP contribution in [-0.2, 0) is 17.8 Å². The zero-order chi connectivity index (χ0) is 17.6. The van der Waals surface area contributed by atoms with Crippen molar-refractivity contribution in [3.05, 3.63) is 65.2 Å². The monoisotopic (exact) mass is 339 g/mol. The van der Waals surface area contributed by atoms with Crippen LogP contribution in [-0.4, -0.2) is 29.1 Å². The highest BCUT2D eigenvalue weighted by Crippen LogP contribution is 2.25. The molecule has 1 aliphatic rings. The van der Waals surface area contributed by atoms with E-state index < -0.39 is 6.10 Å². The molecule has 0 spiro atoms. The average molecular weight is 339 g/mol. The Balaban J connectivity index is 1.61. The molecule has 0 saturated heterocycles. The van der Waals surface area contributed by atoms with Gasteiger partial charge in [-0.05, 0) is 41.7 Å². The van der Waals surface area contributed by atoms with Crippen molar-refractivity contribution in [3.63, 3.8) is 0 Å². The zero-order valence-corrected chi connectivity index (χ0v) is 14.6. The van der Waals surface area contributed by atoms with E-state index in [9.17, 15) is 9.90 Å². The fraction of sp³-hybridized carbons (Fsp3) is 0.381. The molecular weight excluding hydrogens is 314 g/mol. The van der Waals surface area contributed by atoms with Gasteiger partial charge in [0.05, 0.1) is 19.1 Å². The Hall–Kier alpha value is -2.33. The smallest absolute Gasteiger partial charge is 0.225 e. The molecule has 4 heteroatoms. The summed E-state index contributed by atoms with van der Waals surface area (Å²) in [5.41, 5.74) is 3.20. The highest BCUT2D eigenvalue weighted by atomic mass is 16.5. The Morgan fingerprint density at radius 2 is 2.00 bits per heavy atom. The first-order valence-corrected chi connectivity index (χ1v) is 8.92. The number of hydrogen-bond acceptors (Lipinski definition) is 3. The molecule has 1 N–H and O–H groups in total. The quantitative estimate of drug-likeness (QED) is 0.876. The van der Waals surface area contributed by atoms with E-state index in [2.05, 4.69) is 13.0 Å². The van der Waals surface area contributed by atoms with Gasteiger partial charge in [0.2, 0.25) is 5.91 Å². The number of ether oxygens (including phenoxy) is 1. The van der Waals surface area contributed by atoms with E-state index in [1.165, 1.54) is 5.56 Å². The van der Waals surface area contributed by atoms with E-state index in [1.807, 2.05) is 47.4 Å². The second-order valence-electron chi connectivity index (χ2n) is 6.47. The Morgan fingerprint density at radius 3 is 2.76 bits per heavy atom. The van der Waals surface area contributed by atoms with E-state index in [1.54, 1.807) is 0 Å². The van der Waals surface area contributed by atoms with Gasteiger partial charge >= 0.3 is 0 Å². The molecule has 4 nitrogen and oxygen atoms in total. The van der Waals surface area contributed by atoms with E-state index in [0.29, 0.717) is 13.1 Å². The predicted octanol–water partition coefficient (Wildman–Crippen LogP) is 3.48. The van der Waals surface area contributed by atoms with Gasteiger partial charge < -0.3 is 14.7 Å². The summed E-state index contributed by atoms with van der Waals surface area (Å²) in [7, 11) is 0. The molecule has 0 bridgehead atoms. The number of aliphatic hydroxyl groups excluding tert-OH is 1. The molecule has 0 saturated carbocycles. The first kappa shape index (κ1) is 17.5. The summed E-state index contributed by atoms with van der Waals surface area (Å²) in [6.45, 7) is 4.10. The van der Waals surface area contributed by atoms with Gasteiger partial charge in [0.1, 0.15) is 5.75 Å². The van der Waals surface area contributed by atoms with Gasteiger partial charge in [-0.1, -0.05) is 43.3 Å². The fourth-order valence-corrected chi connectivity index (χ4v) is 3.14. The first-order valence-electron chi connectivity index (χ1n) is 8.92.